The molecule has 0 saturated heterocycles. The summed E-state index contributed by atoms with van der Waals surface area (Å²) in [5.74, 6) is -0.0365. The summed E-state index contributed by atoms with van der Waals surface area (Å²) in [6.07, 6.45) is 0. The van der Waals surface area contributed by atoms with E-state index in [1.54, 1.807) is 0 Å². The SMILES string of the molecule is CC(C#N)c1ccccc1Br. The van der Waals surface area contributed by atoms with E-state index in [2.05, 4.69) is 22.0 Å². The zero-order valence-corrected chi connectivity index (χ0v) is 7.80. The first-order chi connectivity index (χ1) is 5.25. The first-order valence-electron chi connectivity index (χ1n) is 3.39. The third-order valence-electron chi connectivity index (χ3n) is 1.57. The third-order valence-corrected chi connectivity index (χ3v) is 2.29. The van der Waals surface area contributed by atoms with Crippen LogP contribution in [0.5, 0.6) is 0 Å². The molecule has 1 unspecified atom stereocenters. The summed E-state index contributed by atoms with van der Waals surface area (Å²) < 4.78 is 1.01. The lowest BCUT2D eigenvalue weighted by molar-refractivity contribution is 0.974. The van der Waals surface area contributed by atoms with Crippen LogP contribution in [0.1, 0.15) is 18.4 Å². The Hall–Kier alpha value is -0.810. The van der Waals surface area contributed by atoms with Gasteiger partial charge in [-0.3, -0.25) is 0 Å². The highest BCUT2D eigenvalue weighted by Crippen LogP contribution is 2.23. The molecule has 0 fully saturated rings. The Kier molecular flexibility index (Phi) is 2.67. The molecule has 0 aliphatic carbocycles. The van der Waals surface area contributed by atoms with Gasteiger partial charge in [0.15, 0.2) is 0 Å². The van der Waals surface area contributed by atoms with Crippen LogP contribution < -0.4 is 0 Å². The van der Waals surface area contributed by atoms with Crippen molar-refractivity contribution in [2.24, 2.45) is 0 Å². The van der Waals surface area contributed by atoms with Gasteiger partial charge >= 0.3 is 0 Å². The summed E-state index contributed by atoms with van der Waals surface area (Å²) in [5.41, 5.74) is 1.05. The zero-order chi connectivity index (χ0) is 8.27. The van der Waals surface area contributed by atoms with Crippen molar-refractivity contribution in [2.45, 2.75) is 12.8 Å². The smallest absolute Gasteiger partial charge is 0.0701 e. The predicted molar refractivity (Wildman–Crippen MR) is 48.2 cm³/mol. The van der Waals surface area contributed by atoms with Crippen LogP contribution in [0.25, 0.3) is 0 Å². The van der Waals surface area contributed by atoms with Crippen LogP contribution in [0.15, 0.2) is 28.7 Å². The van der Waals surface area contributed by atoms with Crippen molar-refractivity contribution >= 4 is 15.9 Å². The van der Waals surface area contributed by atoms with Gasteiger partial charge < -0.3 is 0 Å². The number of hydrogen-bond donors (Lipinski definition) is 0. The number of hydrogen-bond acceptors (Lipinski definition) is 1. The van der Waals surface area contributed by atoms with Crippen molar-refractivity contribution < 1.29 is 0 Å². The highest BCUT2D eigenvalue weighted by atomic mass is 79.9. The fourth-order valence-electron chi connectivity index (χ4n) is 0.896. The topological polar surface area (TPSA) is 23.8 Å². The van der Waals surface area contributed by atoms with Crippen molar-refractivity contribution in [3.05, 3.63) is 34.3 Å². The monoisotopic (exact) mass is 209 g/mol. The summed E-state index contributed by atoms with van der Waals surface area (Å²) in [4.78, 5) is 0. The van der Waals surface area contributed by atoms with Crippen molar-refractivity contribution in [1.82, 2.24) is 0 Å². The highest BCUT2D eigenvalue weighted by molar-refractivity contribution is 9.10. The van der Waals surface area contributed by atoms with Crippen LogP contribution in [-0.4, -0.2) is 0 Å². The Balaban J connectivity index is 3.05. The molecular weight excluding hydrogens is 202 g/mol. The van der Waals surface area contributed by atoms with E-state index in [9.17, 15) is 0 Å². The number of rotatable bonds is 1. The number of nitriles is 1. The maximum absolute atomic E-state index is 8.64. The first kappa shape index (κ1) is 8.29. The standard InChI is InChI=1S/C9H8BrN/c1-7(6-11)8-4-2-3-5-9(8)10/h2-5,7H,1H3. The lowest BCUT2D eigenvalue weighted by Gasteiger charge is -2.03. The molecule has 1 aromatic rings. The van der Waals surface area contributed by atoms with Crippen LogP contribution in [0.3, 0.4) is 0 Å². The minimum absolute atomic E-state index is 0.0365. The Morgan fingerprint density at radius 3 is 2.64 bits per heavy atom. The molecule has 0 amide bonds. The Morgan fingerprint density at radius 1 is 1.45 bits per heavy atom. The van der Waals surface area contributed by atoms with E-state index in [0.29, 0.717) is 0 Å². The van der Waals surface area contributed by atoms with Gasteiger partial charge in [-0.05, 0) is 18.6 Å². The molecule has 0 aliphatic heterocycles. The lowest BCUT2D eigenvalue weighted by Crippen LogP contribution is -1.89. The Morgan fingerprint density at radius 2 is 2.09 bits per heavy atom. The second-order valence-electron chi connectivity index (χ2n) is 2.37. The van der Waals surface area contributed by atoms with E-state index < -0.39 is 0 Å². The van der Waals surface area contributed by atoms with Crippen molar-refractivity contribution in [1.29, 1.82) is 5.26 Å². The highest BCUT2D eigenvalue weighted by Gasteiger charge is 2.05. The molecule has 1 atom stereocenters. The fraction of sp³-hybridized carbons (Fsp3) is 0.222. The molecule has 56 valence electrons. The molecule has 0 radical (unpaired) electrons. The average Bonchev–Trinajstić information content (AvgIpc) is 2.04. The van der Waals surface area contributed by atoms with Gasteiger partial charge in [-0.15, -0.1) is 0 Å². The first-order valence-corrected chi connectivity index (χ1v) is 4.19. The van der Waals surface area contributed by atoms with Gasteiger partial charge in [0, 0.05) is 4.47 Å². The molecule has 1 rings (SSSR count). The molecule has 2 heteroatoms. The van der Waals surface area contributed by atoms with E-state index in [0.717, 1.165) is 10.0 Å². The molecule has 0 heterocycles. The molecule has 0 N–H and O–H groups in total. The average molecular weight is 210 g/mol. The van der Waals surface area contributed by atoms with E-state index in [-0.39, 0.29) is 5.92 Å². The number of halogens is 1. The van der Waals surface area contributed by atoms with Gasteiger partial charge in [-0.1, -0.05) is 34.1 Å². The van der Waals surface area contributed by atoms with Crippen molar-refractivity contribution in [3.8, 4) is 6.07 Å². The largest absolute Gasteiger partial charge is 0.198 e. The molecule has 1 nitrogen and oxygen atoms in total. The van der Waals surface area contributed by atoms with Crippen LogP contribution in [0.4, 0.5) is 0 Å². The van der Waals surface area contributed by atoms with Gasteiger partial charge in [0.1, 0.15) is 0 Å². The zero-order valence-electron chi connectivity index (χ0n) is 6.21. The molecule has 0 spiro atoms. The summed E-state index contributed by atoms with van der Waals surface area (Å²) in [6, 6.07) is 9.98. The van der Waals surface area contributed by atoms with Gasteiger partial charge in [-0.25, -0.2) is 0 Å². The van der Waals surface area contributed by atoms with Crippen LogP contribution >= 0.6 is 15.9 Å². The molecule has 11 heavy (non-hydrogen) atoms. The summed E-state index contributed by atoms with van der Waals surface area (Å²) in [6.45, 7) is 1.89. The van der Waals surface area contributed by atoms with Crippen molar-refractivity contribution in [2.75, 3.05) is 0 Å². The maximum atomic E-state index is 8.64. The predicted octanol–water partition coefficient (Wildman–Crippen LogP) is 3.08. The second kappa shape index (κ2) is 3.54. The minimum atomic E-state index is -0.0365. The summed E-state index contributed by atoms with van der Waals surface area (Å²) in [7, 11) is 0. The Labute approximate surface area is 74.8 Å². The number of benzene rings is 1. The van der Waals surface area contributed by atoms with E-state index in [4.69, 9.17) is 5.26 Å². The maximum Gasteiger partial charge on any atom is 0.0701 e. The quantitative estimate of drug-likeness (QED) is 0.698. The van der Waals surface area contributed by atoms with Gasteiger partial charge in [0.2, 0.25) is 0 Å². The third kappa shape index (κ3) is 1.81. The van der Waals surface area contributed by atoms with E-state index in [1.165, 1.54) is 0 Å². The summed E-state index contributed by atoms with van der Waals surface area (Å²) >= 11 is 3.39. The van der Waals surface area contributed by atoms with Gasteiger partial charge in [-0.2, -0.15) is 5.26 Å². The van der Waals surface area contributed by atoms with E-state index in [1.807, 2.05) is 31.2 Å². The molecule has 0 aromatic heterocycles. The Bertz CT molecular complexity index is 288. The molecule has 0 aliphatic rings. The molecular formula is C9H8BrN. The van der Waals surface area contributed by atoms with Crippen molar-refractivity contribution in [3.63, 3.8) is 0 Å². The van der Waals surface area contributed by atoms with Gasteiger partial charge in [0.25, 0.3) is 0 Å². The fourth-order valence-corrected chi connectivity index (χ4v) is 1.52. The van der Waals surface area contributed by atoms with Crippen LogP contribution in [0, 0.1) is 11.3 Å². The lowest BCUT2D eigenvalue weighted by atomic mass is 10.0. The van der Waals surface area contributed by atoms with Crippen LogP contribution in [0.2, 0.25) is 0 Å². The molecule has 0 bridgehead atoms. The van der Waals surface area contributed by atoms with Crippen LogP contribution in [-0.2, 0) is 0 Å². The normalized spacial score (nSPS) is 12.1. The second-order valence-corrected chi connectivity index (χ2v) is 3.23. The molecule has 1 aromatic carbocycles. The minimum Gasteiger partial charge on any atom is -0.198 e. The van der Waals surface area contributed by atoms with E-state index >= 15 is 0 Å². The summed E-state index contributed by atoms with van der Waals surface area (Å²) in [5, 5.41) is 8.64. The van der Waals surface area contributed by atoms with Gasteiger partial charge in [0.05, 0.1) is 12.0 Å². The number of nitrogens with zero attached hydrogens (tertiary/aromatic N) is 1. The molecule has 0 saturated carbocycles.